The fourth-order valence-corrected chi connectivity index (χ4v) is 2.38. The summed E-state index contributed by atoms with van der Waals surface area (Å²) in [7, 11) is 4.89. The lowest BCUT2D eigenvalue weighted by Gasteiger charge is -2.24. The van der Waals surface area contributed by atoms with Crippen molar-refractivity contribution in [2.45, 2.75) is 19.2 Å². The van der Waals surface area contributed by atoms with Crippen LogP contribution >= 0.6 is 0 Å². The Morgan fingerprint density at radius 3 is 2.77 bits per heavy atom. The largest absolute Gasteiger partial charge is 0.375 e. The number of amides is 2. The van der Waals surface area contributed by atoms with E-state index < -0.39 is 0 Å². The summed E-state index contributed by atoms with van der Waals surface area (Å²) >= 11 is 0. The third-order valence-electron chi connectivity index (χ3n) is 3.66. The second-order valence-corrected chi connectivity index (χ2v) is 5.58. The molecule has 0 bridgehead atoms. The van der Waals surface area contributed by atoms with Crippen LogP contribution in [0.2, 0.25) is 0 Å². The summed E-state index contributed by atoms with van der Waals surface area (Å²) in [6, 6.07) is 3.93. The number of fused-ring (bicyclic) bond motifs is 1. The fraction of sp³-hybridized carbons (Fsp3) is 0.600. The molecule has 1 aromatic rings. The molecule has 0 saturated heterocycles. The maximum atomic E-state index is 12.1. The van der Waals surface area contributed by atoms with Crippen molar-refractivity contribution in [3.05, 3.63) is 24.0 Å². The number of hydrogen-bond donors (Lipinski definition) is 0. The van der Waals surface area contributed by atoms with Gasteiger partial charge in [-0.1, -0.05) is 0 Å². The van der Waals surface area contributed by atoms with Crippen LogP contribution in [-0.2, 0) is 32.2 Å². The van der Waals surface area contributed by atoms with Gasteiger partial charge in [0.05, 0.1) is 19.2 Å². The molecule has 22 heavy (non-hydrogen) atoms. The molecule has 7 heteroatoms. The van der Waals surface area contributed by atoms with Gasteiger partial charge in [0, 0.05) is 39.6 Å². The Kier molecular flexibility index (Phi) is 5.57. The molecule has 1 aromatic heterocycles. The number of carbonyl (C=O) groups excluding carboxylic acids is 2. The number of ether oxygens (including phenoxy) is 2. The van der Waals surface area contributed by atoms with E-state index in [9.17, 15) is 9.59 Å². The number of rotatable bonds is 5. The Hall–Kier alpha value is -1.86. The van der Waals surface area contributed by atoms with E-state index in [1.165, 1.54) is 12.0 Å². The van der Waals surface area contributed by atoms with Gasteiger partial charge >= 0.3 is 0 Å². The van der Waals surface area contributed by atoms with Crippen LogP contribution in [0.15, 0.2) is 18.3 Å². The van der Waals surface area contributed by atoms with Crippen LogP contribution in [0.1, 0.15) is 5.69 Å². The average Bonchev–Trinajstić information content (AvgIpc) is 2.83. The smallest absolute Gasteiger partial charge is 0.248 e. The zero-order valence-electron chi connectivity index (χ0n) is 13.3. The molecule has 7 nitrogen and oxygen atoms in total. The summed E-state index contributed by atoms with van der Waals surface area (Å²) in [6.07, 6.45) is 1.74. The molecule has 0 N–H and O–H groups in total. The molecule has 1 atom stereocenters. The number of carbonyl (C=O) groups is 2. The monoisotopic (exact) mass is 309 g/mol. The van der Waals surface area contributed by atoms with Gasteiger partial charge in [0.25, 0.3) is 0 Å². The van der Waals surface area contributed by atoms with E-state index in [1.807, 2.05) is 18.3 Å². The van der Waals surface area contributed by atoms with E-state index in [2.05, 4.69) is 4.57 Å². The molecule has 2 rings (SSSR count). The Labute approximate surface area is 130 Å². The summed E-state index contributed by atoms with van der Waals surface area (Å²) in [6.45, 7) is 1.66. The quantitative estimate of drug-likeness (QED) is 0.765. The van der Waals surface area contributed by atoms with Crippen molar-refractivity contribution in [1.29, 1.82) is 0 Å². The predicted molar refractivity (Wildman–Crippen MR) is 80.2 cm³/mol. The van der Waals surface area contributed by atoms with Crippen molar-refractivity contribution >= 4 is 11.8 Å². The molecule has 2 heterocycles. The first kappa shape index (κ1) is 16.5. The van der Waals surface area contributed by atoms with Gasteiger partial charge in [0.1, 0.15) is 13.2 Å². The molecule has 0 spiro atoms. The first-order valence-corrected chi connectivity index (χ1v) is 7.23. The molecule has 0 aliphatic carbocycles. The van der Waals surface area contributed by atoms with Crippen LogP contribution < -0.4 is 0 Å². The number of methoxy groups -OCH3 is 1. The molecule has 122 valence electrons. The number of nitrogens with zero attached hydrogens (tertiary/aromatic N) is 3. The highest BCUT2D eigenvalue weighted by atomic mass is 16.5. The first-order valence-electron chi connectivity index (χ1n) is 7.23. The Balaban J connectivity index is 2.06. The van der Waals surface area contributed by atoms with Gasteiger partial charge < -0.3 is 23.8 Å². The van der Waals surface area contributed by atoms with Crippen LogP contribution in [0.3, 0.4) is 0 Å². The highest BCUT2D eigenvalue weighted by Crippen LogP contribution is 2.15. The van der Waals surface area contributed by atoms with Crippen molar-refractivity contribution < 1.29 is 19.1 Å². The predicted octanol–water partition coefficient (Wildman–Crippen LogP) is -0.0499. The molecule has 0 radical (unpaired) electrons. The molecule has 0 saturated carbocycles. The van der Waals surface area contributed by atoms with E-state index in [4.69, 9.17) is 9.47 Å². The van der Waals surface area contributed by atoms with Gasteiger partial charge in [-0.3, -0.25) is 9.59 Å². The average molecular weight is 309 g/mol. The van der Waals surface area contributed by atoms with Gasteiger partial charge in [0.2, 0.25) is 11.8 Å². The Morgan fingerprint density at radius 1 is 1.32 bits per heavy atom. The molecule has 0 fully saturated rings. The molecular formula is C15H23N3O4. The number of hydrogen-bond acceptors (Lipinski definition) is 4. The molecule has 2 amide bonds. The number of aromatic nitrogens is 1. The van der Waals surface area contributed by atoms with Crippen LogP contribution in [-0.4, -0.2) is 73.2 Å². The zero-order valence-corrected chi connectivity index (χ0v) is 13.3. The lowest BCUT2D eigenvalue weighted by molar-refractivity contribution is -0.140. The summed E-state index contributed by atoms with van der Waals surface area (Å²) in [4.78, 5) is 27.0. The fourth-order valence-electron chi connectivity index (χ4n) is 2.38. The maximum absolute atomic E-state index is 12.1. The third-order valence-corrected chi connectivity index (χ3v) is 3.66. The first-order chi connectivity index (χ1) is 10.5. The van der Waals surface area contributed by atoms with E-state index in [-0.39, 0.29) is 31.1 Å². The number of likely N-dealkylation sites (N-methyl/N-ethyl adjacent to an activating group) is 1. The molecule has 0 aromatic carbocycles. The third kappa shape index (κ3) is 4.08. The second kappa shape index (κ2) is 7.42. The van der Waals surface area contributed by atoms with Crippen LogP contribution in [0.5, 0.6) is 0 Å². The van der Waals surface area contributed by atoms with Crippen molar-refractivity contribution in [2.75, 3.05) is 41.0 Å². The second-order valence-electron chi connectivity index (χ2n) is 5.58. The van der Waals surface area contributed by atoms with Crippen LogP contribution in [0.4, 0.5) is 0 Å². The SMILES string of the molecule is COCC(=O)N1Cc2cccn2CC(OCC(=O)N(C)C)C1. The summed E-state index contributed by atoms with van der Waals surface area (Å²) in [5, 5.41) is 0. The summed E-state index contributed by atoms with van der Waals surface area (Å²) in [5.74, 6) is -0.170. The summed E-state index contributed by atoms with van der Waals surface area (Å²) in [5.41, 5.74) is 1.05. The van der Waals surface area contributed by atoms with Crippen molar-refractivity contribution in [3.63, 3.8) is 0 Å². The lowest BCUT2D eigenvalue weighted by atomic mass is 10.3. The van der Waals surface area contributed by atoms with Gasteiger partial charge in [-0.05, 0) is 12.1 Å². The minimum absolute atomic E-state index is 0.0145. The van der Waals surface area contributed by atoms with Crippen LogP contribution in [0, 0.1) is 0 Å². The van der Waals surface area contributed by atoms with Crippen LogP contribution in [0.25, 0.3) is 0 Å². The Bertz CT molecular complexity index is 527. The van der Waals surface area contributed by atoms with Gasteiger partial charge in [-0.2, -0.15) is 0 Å². The van der Waals surface area contributed by atoms with E-state index in [0.29, 0.717) is 19.6 Å². The highest BCUT2D eigenvalue weighted by molar-refractivity contribution is 5.77. The summed E-state index contributed by atoms with van der Waals surface area (Å²) < 4.78 is 12.7. The van der Waals surface area contributed by atoms with Gasteiger partial charge in [-0.25, -0.2) is 0 Å². The topological polar surface area (TPSA) is 64.0 Å². The van der Waals surface area contributed by atoms with E-state index in [1.54, 1.807) is 19.0 Å². The standard InChI is InChI=1S/C15H23N3O4/c1-16(2)14(19)11-22-13-8-17-6-4-5-12(17)7-18(9-13)15(20)10-21-3/h4-6,13H,7-11H2,1-3H3. The van der Waals surface area contributed by atoms with Crippen molar-refractivity contribution in [3.8, 4) is 0 Å². The van der Waals surface area contributed by atoms with E-state index >= 15 is 0 Å². The minimum atomic E-state index is -0.224. The normalized spacial score (nSPS) is 17.8. The molecule has 1 aliphatic heterocycles. The Morgan fingerprint density at radius 2 is 2.09 bits per heavy atom. The highest BCUT2D eigenvalue weighted by Gasteiger charge is 2.25. The van der Waals surface area contributed by atoms with Gasteiger partial charge in [-0.15, -0.1) is 0 Å². The molecular weight excluding hydrogens is 286 g/mol. The van der Waals surface area contributed by atoms with Crippen molar-refractivity contribution in [2.24, 2.45) is 0 Å². The maximum Gasteiger partial charge on any atom is 0.248 e. The minimum Gasteiger partial charge on any atom is -0.375 e. The van der Waals surface area contributed by atoms with Gasteiger partial charge in [0.15, 0.2) is 0 Å². The van der Waals surface area contributed by atoms with Crippen molar-refractivity contribution in [1.82, 2.24) is 14.4 Å². The lowest BCUT2D eigenvalue weighted by Crippen LogP contribution is -2.40. The zero-order chi connectivity index (χ0) is 16.1. The van der Waals surface area contributed by atoms with E-state index in [0.717, 1.165) is 5.69 Å². The molecule has 1 aliphatic rings. The molecule has 1 unspecified atom stereocenters.